The van der Waals surface area contributed by atoms with E-state index in [0.29, 0.717) is 38.7 Å². The second-order valence-electron chi connectivity index (χ2n) is 5.57. The monoisotopic (exact) mass is 360 g/mol. The van der Waals surface area contributed by atoms with Crippen LogP contribution in [0.5, 0.6) is 0 Å². The molecule has 3 aromatic heterocycles. The van der Waals surface area contributed by atoms with Crippen molar-refractivity contribution in [3.05, 3.63) is 28.4 Å². The van der Waals surface area contributed by atoms with Crippen LogP contribution in [0.15, 0.2) is 18.3 Å². The van der Waals surface area contributed by atoms with Crippen LogP contribution < -0.4 is 16.8 Å². The van der Waals surface area contributed by atoms with E-state index in [0.717, 1.165) is 18.4 Å². The van der Waals surface area contributed by atoms with Gasteiger partial charge in [-0.05, 0) is 25.0 Å². The zero-order valence-electron chi connectivity index (χ0n) is 12.4. The summed E-state index contributed by atoms with van der Waals surface area (Å²) in [5, 5.41) is 4.26. The summed E-state index contributed by atoms with van der Waals surface area (Å²) in [6.07, 6.45) is 3.81. The van der Waals surface area contributed by atoms with Gasteiger partial charge in [-0.1, -0.05) is 11.6 Å². The summed E-state index contributed by atoms with van der Waals surface area (Å²) in [5.74, 6) is -0.0698. The fraction of sp³-hybridized carbons (Fsp3) is 0.200. The Morgan fingerprint density at radius 1 is 1.33 bits per heavy atom. The molecule has 5 N–H and O–H groups in total. The Hall–Kier alpha value is -2.45. The highest BCUT2D eigenvalue weighted by atomic mass is 35.5. The van der Waals surface area contributed by atoms with Gasteiger partial charge >= 0.3 is 0 Å². The third kappa shape index (κ3) is 2.63. The van der Waals surface area contributed by atoms with Gasteiger partial charge in [-0.2, -0.15) is 0 Å². The van der Waals surface area contributed by atoms with Crippen LogP contribution in [-0.4, -0.2) is 26.9 Å². The van der Waals surface area contributed by atoms with E-state index in [9.17, 15) is 4.79 Å². The summed E-state index contributed by atoms with van der Waals surface area (Å²) in [6, 6.07) is 3.88. The maximum Gasteiger partial charge on any atom is 0.260 e. The minimum atomic E-state index is -0.576. The molecule has 1 saturated carbocycles. The molecular weight excluding hydrogens is 348 g/mol. The number of primary amides is 1. The van der Waals surface area contributed by atoms with E-state index in [1.165, 1.54) is 11.3 Å². The number of nitrogen functional groups attached to an aromatic ring is 1. The number of nitrogens with zero attached hydrogens (tertiary/aromatic N) is 3. The third-order valence-corrected chi connectivity index (χ3v) is 5.06. The van der Waals surface area contributed by atoms with E-state index >= 15 is 0 Å². The molecule has 1 aliphatic carbocycles. The summed E-state index contributed by atoms with van der Waals surface area (Å²) in [6.45, 7) is 0. The number of carbonyl (C=O) groups excluding carboxylic acids is 1. The number of pyridine rings is 1. The highest BCUT2D eigenvalue weighted by Gasteiger charge is 2.25. The number of amides is 1. The number of nitrogens with two attached hydrogens (primary N) is 2. The molecule has 1 fully saturated rings. The van der Waals surface area contributed by atoms with Crippen LogP contribution in [0.4, 0.5) is 11.6 Å². The predicted octanol–water partition coefficient (Wildman–Crippen LogP) is 2.66. The summed E-state index contributed by atoms with van der Waals surface area (Å²) in [7, 11) is 0. The molecule has 0 aromatic carbocycles. The zero-order valence-corrected chi connectivity index (χ0v) is 14.0. The normalized spacial score (nSPS) is 14.0. The minimum absolute atomic E-state index is 0.283. The summed E-state index contributed by atoms with van der Waals surface area (Å²) >= 11 is 7.03. The Kier molecular flexibility index (Phi) is 3.50. The van der Waals surface area contributed by atoms with Crippen molar-refractivity contribution < 1.29 is 4.79 Å². The van der Waals surface area contributed by atoms with E-state index < -0.39 is 5.91 Å². The number of fused-ring (bicyclic) bond motifs is 1. The summed E-state index contributed by atoms with van der Waals surface area (Å²) in [5.41, 5.74) is 13.2. The topological polar surface area (TPSA) is 120 Å². The van der Waals surface area contributed by atoms with Crippen molar-refractivity contribution in [1.82, 2.24) is 15.0 Å². The number of thiophene rings is 1. The largest absolute Gasteiger partial charge is 0.397 e. The van der Waals surface area contributed by atoms with Crippen LogP contribution in [0.1, 0.15) is 22.5 Å². The number of hydrogen-bond acceptors (Lipinski definition) is 7. The molecule has 0 unspecified atom stereocenters. The van der Waals surface area contributed by atoms with E-state index in [4.69, 9.17) is 23.1 Å². The fourth-order valence-electron chi connectivity index (χ4n) is 2.40. The lowest BCUT2D eigenvalue weighted by Gasteiger charge is -2.08. The average Bonchev–Trinajstić information content (AvgIpc) is 3.29. The molecule has 0 spiro atoms. The molecule has 1 amide bonds. The van der Waals surface area contributed by atoms with Crippen molar-refractivity contribution in [1.29, 1.82) is 0 Å². The van der Waals surface area contributed by atoms with Gasteiger partial charge in [0, 0.05) is 17.8 Å². The molecule has 122 valence electrons. The van der Waals surface area contributed by atoms with Crippen LogP contribution in [0, 0.1) is 0 Å². The number of nitrogens with one attached hydrogen (secondary N) is 1. The van der Waals surface area contributed by atoms with Gasteiger partial charge < -0.3 is 16.8 Å². The SMILES string of the molecule is NC(=O)c1sc2nc(NC3CC3)nc(-c3ccc(Cl)nc3)c2c1N. The smallest absolute Gasteiger partial charge is 0.260 e. The number of rotatable bonds is 4. The molecule has 0 aliphatic heterocycles. The van der Waals surface area contributed by atoms with E-state index in [1.54, 1.807) is 18.3 Å². The van der Waals surface area contributed by atoms with Crippen molar-refractivity contribution in [2.75, 3.05) is 11.1 Å². The summed E-state index contributed by atoms with van der Waals surface area (Å²) in [4.78, 5) is 25.7. The van der Waals surface area contributed by atoms with Crippen molar-refractivity contribution >= 4 is 50.7 Å². The molecule has 0 bridgehead atoms. The molecule has 4 rings (SSSR count). The first kappa shape index (κ1) is 15.1. The lowest BCUT2D eigenvalue weighted by Crippen LogP contribution is -2.10. The van der Waals surface area contributed by atoms with Crippen molar-refractivity contribution in [2.24, 2.45) is 5.73 Å². The molecule has 24 heavy (non-hydrogen) atoms. The fourth-order valence-corrected chi connectivity index (χ4v) is 3.46. The number of aromatic nitrogens is 3. The second-order valence-corrected chi connectivity index (χ2v) is 6.96. The van der Waals surface area contributed by atoms with Crippen LogP contribution in [0.2, 0.25) is 5.15 Å². The summed E-state index contributed by atoms with van der Waals surface area (Å²) < 4.78 is 0. The van der Waals surface area contributed by atoms with E-state index in [-0.39, 0.29) is 4.88 Å². The standard InChI is InChI=1S/C15H13ClN6OS/c16-8-4-1-6(5-19-8)11-9-10(17)12(13(18)23)24-14(9)22-15(21-11)20-7-2-3-7/h1,4-5,7H,2-3,17H2,(H2,18,23)(H,20,21,22). The highest BCUT2D eigenvalue weighted by Crippen LogP contribution is 2.39. The highest BCUT2D eigenvalue weighted by molar-refractivity contribution is 7.21. The van der Waals surface area contributed by atoms with Gasteiger partial charge in [0.05, 0.1) is 16.8 Å². The Bertz CT molecular complexity index is 951. The number of anilines is 2. The van der Waals surface area contributed by atoms with Crippen LogP contribution in [0.25, 0.3) is 21.5 Å². The lowest BCUT2D eigenvalue weighted by molar-refractivity contribution is 0.100. The number of hydrogen-bond donors (Lipinski definition) is 3. The molecule has 0 saturated heterocycles. The average molecular weight is 361 g/mol. The Balaban J connectivity index is 1.96. The van der Waals surface area contributed by atoms with E-state index in [1.807, 2.05) is 0 Å². The maximum atomic E-state index is 11.6. The Morgan fingerprint density at radius 3 is 2.75 bits per heavy atom. The van der Waals surface area contributed by atoms with Crippen molar-refractivity contribution in [3.63, 3.8) is 0 Å². The molecule has 7 nitrogen and oxygen atoms in total. The Labute approximate surface area is 146 Å². The molecule has 9 heteroatoms. The molecule has 0 radical (unpaired) electrons. The second kappa shape index (κ2) is 5.57. The zero-order chi connectivity index (χ0) is 16.8. The molecule has 1 aliphatic rings. The lowest BCUT2D eigenvalue weighted by atomic mass is 10.1. The first-order valence-corrected chi connectivity index (χ1v) is 8.50. The van der Waals surface area contributed by atoms with Crippen LogP contribution in [0.3, 0.4) is 0 Å². The molecular formula is C15H13ClN6OS. The number of halogens is 1. The van der Waals surface area contributed by atoms with Gasteiger partial charge in [-0.25, -0.2) is 15.0 Å². The van der Waals surface area contributed by atoms with Gasteiger partial charge in [-0.3, -0.25) is 4.79 Å². The van der Waals surface area contributed by atoms with Crippen molar-refractivity contribution in [2.45, 2.75) is 18.9 Å². The minimum Gasteiger partial charge on any atom is -0.397 e. The van der Waals surface area contributed by atoms with Crippen LogP contribution in [-0.2, 0) is 0 Å². The number of carbonyl (C=O) groups is 1. The molecule has 0 atom stereocenters. The first-order chi connectivity index (χ1) is 11.5. The predicted molar refractivity (Wildman–Crippen MR) is 95.2 cm³/mol. The Morgan fingerprint density at radius 2 is 2.12 bits per heavy atom. The van der Waals surface area contributed by atoms with E-state index in [2.05, 4.69) is 20.3 Å². The maximum absolute atomic E-state index is 11.6. The van der Waals surface area contributed by atoms with Gasteiger partial charge in [0.25, 0.3) is 5.91 Å². The van der Waals surface area contributed by atoms with Crippen LogP contribution >= 0.6 is 22.9 Å². The third-order valence-electron chi connectivity index (χ3n) is 3.72. The van der Waals surface area contributed by atoms with Crippen molar-refractivity contribution in [3.8, 4) is 11.3 Å². The van der Waals surface area contributed by atoms with Gasteiger partial charge in [-0.15, -0.1) is 11.3 Å². The first-order valence-electron chi connectivity index (χ1n) is 7.31. The van der Waals surface area contributed by atoms with Gasteiger partial charge in [0.2, 0.25) is 5.95 Å². The quantitative estimate of drug-likeness (QED) is 0.615. The van der Waals surface area contributed by atoms with Gasteiger partial charge in [0.15, 0.2) is 0 Å². The van der Waals surface area contributed by atoms with Gasteiger partial charge in [0.1, 0.15) is 14.9 Å². The molecule has 3 aromatic rings. The molecule has 3 heterocycles.